The molecule has 15 heavy (non-hydrogen) atoms. The van der Waals surface area contributed by atoms with Gasteiger partial charge >= 0.3 is 0 Å². The number of hydrogen-bond donors (Lipinski definition) is 1. The van der Waals surface area contributed by atoms with Crippen molar-refractivity contribution in [1.29, 1.82) is 5.26 Å². The lowest BCUT2D eigenvalue weighted by Gasteiger charge is -2.04. The highest BCUT2D eigenvalue weighted by Gasteiger charge is 2.24. The van der Waals surface area contributed by atoms with Gasteiger partial charge in [-0.15, -0.1) is 0 Å². The SMILES string of the molecule is N#Cc1ccc(C(=O)NC2CC2)c(F)c1. The fourth-order valence-electron chi connectivity index (χ4n) is 1.26. The van der Waals surface area contributed by atoms with Gasteiger partial charge in [0.2, 0.25) is 0 Å². The number of rotatable bonds is 2. The number of carbonyl (C=O) groups is 1. The first-order valence-corrected chi connectivity index (χ1v) is 4.71. The molecule has 0 aliphatic heterocycles. The summed E-state index contributed by atoms with van der Waals surface area (Å²) in [6, 6.07) is 5.86. The predicted octanol–water partition coefficient (Wildman–Crippen LogP) is 1.59. The second-order valence-electron chi connectivity index (χ2n) is 3.55. The lowest BCUT2D eigenvalue weighted by atomic mass is 10.1. The Morgan fingerprint density at radius 1 is 1.53 bits per heavy atom. The molecule has 1 saturated carbocycles. The average Bonchev–Trinajstić information content (AvgIpc) is 3.01. The minimum atomic E-state index is -0.646. The molecule has 1 amide bonds. The molecule has 1 fully saturated rings. The summed E-state index contributed by atoms with van der Waals surface area (Å²) in [6.07, 6.45) is 1.92. The molecule has 1 aromatic rings. The zero-order chi connectivity index (χ0) is 10.8. The fourth-order valence-corrected chi connectivity index (χ4v) is 1.26. The third-order valence-electron chi connectivity index (χ3n) is 2.26. The van der Waals surface area contributed by atoms with E-state index in [-0.39, 0.29) is 17.2 Å². The molecule has 0 atom stereocenters. The van der Waals surface area contributed by atoms with Crippen LogP contribution in [0.5, 0.6) is 0 Å². The molecular formula is C11H9FN2O. The van der Waals surface area contributed by atoms with Crippen molar-refractivity contribution < 1.29 is 9.18 Å². The highest BCUT2D eigenvalue weighted by molar-refractivity contribution is 5.94. The van der Waals surface area contributed by atoms with Crippen molar-refractivity contribution in [3.05, 3.63) is 35.1 Å². The van der Waals surface area contributed by atoms with Gasteiger partial charge in [0.15, 0.2) is 0 Å². The maximum Gasteiger partial charge on any atom is 0.254 e. The number of nitrogens with zero attached hydrogens (tertiary/aromatic N) is 1. The molecule has 2 rings (SSSR count). The van der Waals surface area contributed by atoms with Gasteiger partial charge in [-0.3, -0.25) is 4.79 Å². The van der Waals surface area contributed by atoms with Crippen LogP contribution in [-0.4, -0.2) is 11.9 Å². The molecule has 0 saturated heterocycles. The maximum absolute atomic E-state index is 13.3. The van der Waals surface area contributed by atoms with Gasteiger partial charge in [-0.05, 0) is 31.0 Å². The van der Waals surface area contributed by atoms with Gasteiger partial charge in [-0.2, -0.15) is 5.26 Å². The normalized spacial score (nSPS) is 14.4. The van der Waals surface area contributed by atoms with Gasteiger partial charge < -0.3 is 5.32 Å². The van der Waals surface area contributed by atoms with E-state index in [1.165, 1.54) is 12.1 Å². The Bertz CT molecular complexity index is 446. The van der Waals surface area contributed by atoms with Crippen LogP contribution in [0, 0.1) is 17.1 Å². The average molecular weight is 204 g/mol. The van der Waals surface area contributed by atoms with Gasteiger partial charge in [0, 0.05) is 6.04 Å². The number of nitrogens with one attached hydrogen (secondary N) is 1. The Balaban J connectivity index is 2.20. The van der Waals surface area contributed by atoms with Crippen LogP contribution in [0.15, 0.2) is 18.2 Å². The molecule has 76 valence electrons. The Kier molecular flexibility index (Phi) is 2.38. The lowest BCUT2D eigenvalue weighted by molar-refractivity contribution is 0.0947. The number of amides is 1. The summed E-state index contributed by atoms with van der Waals surface area (Å²) in [5.41, 5.74) is 0.219. The Morgan fingerprint density at radius 2 is 2.27 bits per heavy atom. The van der Waals surface area contributed by atoms with E-state index in [0.29, 0.717) is 0 Å². The van der Waals surface area contributed by atoms with E-state index >= 15 is 0 Å². The number of benzene rings is 1. The van der Waals surface area contributed by atoms with Crippen LogP contribution in [0.25, 0.3) is 0 Å². The molecule has 1 N–H and O–H groups in total. The summed E-state index contributed by atoms with van der Waals surface area (Å²) < 4.78 is 13.3. The highest BCUT2D eigenvalue weighted by Crippen LogP contribution is 2.20. The third kappa shape index (κ3) is 2.13. The monoisotopic (exact) mass is 204 g/mol. The zero-order valence-corrected chi connectivity index (χ0v) is 7.96. The van der Waals surface area contributed by atoms with Gasteiger partial charge in [-0.25, -0.2) is 4.39 Å². The van der Waals surface area contributed by atoms with E-state index in [9.17, 15) is 9.18 Å². The number of hydrogen-bond acceptors (Lipinski definition) is 2. The van der Waals surface area contributed by atoms with Crippen molar-refractivity contribution in [1.82, 2.24) is 5.32 Å². The Hall–Kier alpha value is -1.89. The molecule has 3 nitrogen and oxygen atoms in total. The van der Waals surface area contributed by atoms with Crippen LogP contribution in [0.2, 0.25) is 0 Å². The number of nitriles is 1. The van der Waals surface area contributed by atoms with E-state index < -0.39 is 11.7 Å². The Labute approximate surface area is 86.5 Å². The van der Waals surface area contributed by atoms with Gasteiger partial charge in [0.1, 0.15) is 5.82 Å². The molecule has 0 unspecified atom stereocenters. The van der Waals surface area contributed by atoms with Crippen LogP contribution >= 0.6 is 0 Å². The first-order valence-electron chi connectivity index (χ1n) is 4.71. The van der Waals surface area contributed by atoms with Gasteiger partial charge in [-0.1, -0.05) is 0 Å². The van der Waals surface area contributed by atoms with E-state index in [1.807, 2.05) is 6.07 Å². The van der Waals surface area contributed by atoms with Crippen molar-refractivity contribution in [3.8, 4) is 6.07 Å². The fraction of sp³-hybridized carbons (Fsp3) is 0.273. The van der Waals surface area contributed by atoms with E-state index in [4.69, 9.17) is 5.26 Å². The standard InChI is InChI=1S/C11H9FN2O/c12-10-5-7(6-13)1-4-9(10)11(15)14-8-2-3-8/h1,4-5,8H,2-3H2,(H,14,15). The van der Waals surface area contributed by atoms with Gasteiger partial charge in [0.25, 0.3) is 5.91 Å². The quantitative estimate of drug-likeness (QED) is 0.795. The van der Waals surface area contributed by atoms with Crippen molar-refractivity contribution in [2.45, 2.75) is 18.9 Å². The molecule has 1 aromatic carbocycles. The number of carbonyl (C=O) groups excluding carboxylic acids is 1. The lowest BCUT2D eigenvalue weighted by Crippen LogP contribution is -2.26. The van der Waals surface area contributed by atoms with Crippen molar-refractivity contribution in [3.63, 3.8) is 0 Å². The summed E-state index contributed by atoms with van der Waals surface area (Å²) >= 11 is 0. The maximum atomic E-state index is 13.3. The van der Waals surface area contributed by atoms with Crippen LogP contribution in [0.3, 0.4) is 0 Å². The first kappa shape index (κ1) is 9.66. The molecule has 4 heteroatoms. The van der Waals surface area contributed by atoms with Crippen LogP contribution in [0.1, 0.15) is 28.8 Å². The number of halogens is 1. The summed E-state index contributed by atoms with van der Waals surface area (Å²) in [5, 5.41) is 11.2. The van der Waals surface area contributed by atoms with Crippen LogP contribution in [-0.2, 0) is 0 Å². The van der Waals surface area contributed by atoms with Crippen molar-refractivity contribution in [2.75, 3.05) is 0 Å². The van der Waals surface area contributed by atoms with E-state index in [1.54, 1.807) is 0 Å². The molecule has 0 radical (unpaired) electrons. The zero-order valence-electron chi connectivity index (χ0n) is 7.96. The largest absolute Gasteiger partial charge is 0.349 e. The van der Waals surface area contributed by atoms with Gasteiger partial charge in [0.05, 0.1) is 17.2 Å². The Morgan fingerprint density at radius 3 is 2.80 bits per heavy atom. The molecule has 0 spiro atoms. The van der Waals surface area contributed by atoms with Crippen LogP contribution < -0.4 is 5.32 Å². The van der Waals surface area contributed by atoms with Crippen LogP contribution in [0.4, 0.5) is 4.39 Å². The summed E-state index contributed by atoms with van der Waals surface area (Å²) in [4.78, 5) is 11.5. The molecule has 1 aliphatic carbocycles. The summed E-state index contributed by atoms with van der Waals surface area (Å²) in [6.45, 7) is 0. The molecule has 0 bridgehead atoms. The van der Waals surface area contributed by atoms with Crippen molar-refractivity contribution in [2.24, 2.45) is 0 Å². The third-order valence-corrected chi connectivity index (χ3v) is 2.26. The van der Waals surface area contributed by atoms with E-state index in [0.717, 1.165) is 18.9 Å². The molecule has 0 heterocycles. The molecule has 0 aromatic heterocycles. The molecule has 1 aliphatic rings. The molecular weight excluding hydrogens is 195 g/mol. The first-order chi connectivity index (χ1) is 7.20. The second-order valence-corrected chi connectivity index (χ2v) is 3.55. The topological polar surface area (TPSA) is 52.9 Å². The van der Waals surface area contributed by atoms with E-state index in [2.05, 4.69) is 5.32 Å². The highest BCUT2D eigenvalue weighted by atomic mass is 19.1. The summed E-state index contributed by atoms with van der Waals surface area (Å²) in [5.74, 6) is -1.05. The minimum Gasteiger partial charge on any atom is -0.349 e. The smallest absolute Gasteiger partial charge is 0.254 e. The minimum absolute atomic E-state index is 0.000833. The summed E-state index contributed by atoms with van der Waals surface area (Å²) in [7, 11) is 0. The second kappa shape index (κ2) is 3.70. The predicted molar refractivity (Wildman–Crippen MR) is 51.6 cm³/mol. The van der Waals surface area contributed by atoms with Crippen molar-refractivity contribution >= 4 is 5.91 Å².